The summed E-state index contributed by atoms with van der Waals surface area (Å²) in [6.45, 7) is 9.49. The molecule has 1 N–H and O–H groups in total. The summed E-state index contributed by atoms with van der Waals surface area (Å²) in [5.41, 5.74) is 2.79. The Balaban J connectivity index is 1.43. The predicted octanol–water partition coefficient (Wildman–Crippen LogP) is 2.58. The van der Waals surface area contributed by atoms with Crippen LogP contribution in [0.1, 0.15) is 46.4 Å². The van der Waals surface area contributed by atoms with Gasteiger partial charge in [-0.25, -0.2) is 4.98 Å². The van der Waals surface area contributed by atoms with Crippen molar-refractivity contribution in [2.45, 2.75) is 40.2 Å². The maximum Gasteiger partial charge on any atom is 0.267 e. The Morgan fingerprint density at radius 3 is 2.56 bits per heavy atom. The van der Waals surface area contributed by atoms with Crippen molar-refractivity contribution in [2.24, 2.45) is 13.0 Å². The molecule has 0 bridgehead atoms. The number of carbonyl (C=O) groups is 1. The number of rotatable bonds is 5. The first-order valence-corrected chi connectivity index (χ1v) is 9.00. The van der Waals surface area contributed by atoms with Gasteiger partial charge in [-0.15, -0.1) is 0 Å². The molecule has 3 rings (SSSR count). The third kappa shape index (κ3) is 4.12. The molecule has 0 saturated carbocycles. The van der Waals surface area contributed by atoms with E-state index in [9.17, 15) is 4.79 Å². The van der Waals surface area contributed by atoms with Crippen LogP contribution in [0.2, 0.25) is 0 Å². The molecule has 25 heavy (non-hydrogen) atoms. The molecule has 1 saturated heterocycles. The Bertz CT molecular complexity index is 719. The Morgan fingerprint density at radius 1 is 1.28 bits per heavy atom. The fraction of sp³-hybridized carbons (Fsp3) is 0.579. The number of likely N-dealkylation sites (tertiary alicyclic amines) is 1. The van der Waals surface area contributed by atoms with Gasteiger partial charge in [-0.3, -0.25) is 9.69 Å². The SMILES string of the molecule is Cc1nc(CN2CCC(CNC(=O)c3ccc(C)n3C)CC2)oc1C. The maximum absolute atomic E-state index is 12.3. The van der Waals surface area contributed by atoms with Gasteiger partial charge in [-0.2, -0.15) is 0 Å². The van der Waals surface area contributed by atoms with Crippen molar-refractivity contribution in [1.29, 1.82) is 0 Å². The molecule has 1 aliphatic rings. The monoisotopic (exact) mass is 344 g/mol. The number of nitrogens with zero attached hydrogens (tertiary/aromatic N) is 3. The quantitative estimate of drug-likeness (QED) is 0.905. The van der Waals surface area contributed by atoms with Gasteiger partial charge >= 0.3 is 0 Å². The van der Waals surface area contributed by atoms with Gasteiger partial charge in [0.15, 0.2) is 0 Å². The highest BCUT2D eigenvalue weighted by molar-refractivity contribution is 5.92. The number of hydrogen-bond acceptors (Lipinski definition) is 4. The Hall–Kier alpha value is -2.08. The second-order valence-electron chi connectivity index (χ2n) is 7.10. The number of oxazole rings is 1. The molecule has 0 spiro atoms. The molecule has 0 aromatic carbocycles. The number of carbonyl (C=O) groups excluding carboxylic acids is 1. The van der Waals surface area contributed by atoms with E-state index in [1.54, 1.807) is 0 Å². The van der Waals surface area contributed by atoms with E-state index >= 15 is 0 Å². The van der Waals surface area contributed by atoms with Gasteiger partial charge in [-0.1, -0.05) is 0 Å². The summed E-state index contributed by atoms with van der Waals surface area (Å²) in [6.07, 6.45) is 2.18. The van der Waals surface area contributed by atoms with Crippen molar-refractivity contribution in [3.8, 4) is 0 Å². The van der Waals surface area contributed by atoms with Crippen LogP contribution in [-0.2, 0) is 13.6 Å². The standard InChI is InChI=1S/C19H28N4O2/c1-13-5-6-17(22(13)4)19(24)20-11-16-7-9-23(10-8-16)12-18-21-14(2)15(3)25-18/h5-6,16H,7-12H2,1-4H3,(H,20,24). The van der Waals surface area contributed by atoms with Crippen molar-refractivity contribution in [1.82, 2.24) is 19.8 Å². The lowest BCUT2D eigenvalue weighted by Gasteiger charge is -2.31. The number of hydrogen-bond donors (Lipinski definition) is 1. The lowest BCUT2D eigenvalue weighted by Crippen LogP contribution is -2.38. The maximum atomic E-state index is 12.3. The van der Waals surface area contributed by atoms with Crippen molar-refractivity contribution in [3.05, 3.63) is 40.9 Å². The zero-order chi connectivity index (χ0) is 18.0. The number of aryl methyl sites for hydroxylation is 3. The van der Waals surface area contributed by atoms with E-state index in [2.05, 4.69) is 15.2 Å². The van der Waals surface area contributed by atoms with Crippen LogP contribution in [0, 0.1) is 26.7 Å². The molecule has 1 fully saturated rings. The normalized spacial score (nSPS) is 16.3. The lowest BCUT2D eigenvalue weighted by molar-refractivity contribution is 0.0925. The van der Waals surface area contributed by atoms with Gasteiger partial charge in [0.2, 0.25) is 5.89 Å². The molecule has 0 atom stereocenters. The Labute approximate surface area is 149 Å². The van der Waals surface area contributed by atoms with Gasteiger partial charge in [0.1, 0.15) is 11.5 Å². The van der Waals surface area contributed by atoms with E-state index < -0.39 is 0 Å². The molecule has 0 unspecified atom stereocenters. The number of aromatic nitrogens is 2. The van der Waals surface area contributed by atoms with E-state index in [4.69, 9.17) is 4.42 Å². The summed E-state index contributed by atoms with van der Waals surface area (Å²) in [7, 11) is 1.93. The molecule has 1 amide bonds. The first-order valence-electron chi connectivity index (χ1n) is 9.00. The fourth-order valence-corrected chi connectivity index (χ4v) is 3.32. The molecule has 0 radical (unpaired) electrons. The molecule has 0 aliphatic carbocycles. The van der Waals surface area contributed by atoms with Crippen molar-refractivity contribution in [2.75, 3.05) is 19.6 Å². The molecular weight excluding hydrogens is 316 g/mol. The van der Waals surface area contributed by atoms with Gasteiger partial charge in [0.05, 0.1) is 12.2 Å². The highest BCUT2D eigenvalue weighted by Crippen LogP contribution is 2.19. The molecule has 2 aromatic rings. The van der Waals surface area contributed by atoms with E-state index in [1.165, 1.54) is 0 Å². The Kier molecular flexibility index (Phi) is 5.27. The van der Waals surface area contributed by atoms with Crippen LogP contribution in [0.25, 0.3) is 0 Å². The number of amides is 1. The van der Waals surface area contributed by atoms with E-state index in [-0.39, 0.29) is 5.91 Å². The van der Waals surface area contributed by atoms with Crippen LogP contribution in [0.5, 0.6) is 0 Å². The summed E-state index contributed by atoms with van der Waals surface area (Å²) < 4.78 is 7.60. The molecular formula is C19H28N4O2. The lowest BCUT2D eigenvalue weighted by atomic mass is 9.97. The molecule has 1 aliphatic heterocycles. The largest absolute Gasteiger partial charge is 0.444 e. The summed E-state index contributed by atoms with van der Waals surface area (Å²) in [4.78, 5) is 19.1. The minimum atomic E-state index is 0.0174. The average molecular weight is 344 g/mol. The molecule has 3 heterocycles. The van der Waals surface area contributed by atoms with Crippen LogP contribution in [-0.4, -0.2) is 40.0 Å². The third-order valence-electron chi connectivity index (χ3n) is 5.30. The first kappa shape index (κ1) is 17.7. The van der Waals surface area contributed by atoms with E-state index in [0.717, 1.165) is 67.8 Å². The van der Waals surface area contributed by atoms with E-state index in [1.807, 2.05) is 44.5 Å². The predicted molar refractivity (Wildman–Crippen MR) is 96.5 cm³/mol. The average Bonchev–Trinajstić information content (AvgIpc) is 3.09. The Morgan fingerprint density at radius 2 is 2.00 bits per heavy atom. The molecule has 136 valence electrons. The van der Waals surface area contributed by atoms with Crippen molar-refractivity contribution >= 4 is 5.91 Å². The second kappa shape index (κ2) is 7.44. The highest BCUT2D eigenvalue weighted by Gasteiger charge is 2.22. The van der Waals surface area contributed by atoms with Crippen molar-refractivity contribution in [3.63, 3.8) is 0 Å². The van der Waals surface area contributed by atoms with Gasteiger partial charge < -0.3 is 14.3 Å². The summed E-state index contributed by atoms with van der Waals surface area (Å²) >= 11 is 0. The van der Waals surface area contributed by atoms with Crippen LogP contribution in [0.4, 0.5) is 0 Å². The zero-order valence-electron chi connectivity index (χ0n) is 15.6. The van der Waals surface area contributed by atoms with Crippen LogP contribution < -0.4 is 5.32 Å². The minimum Gasteiger partial charge on any atom is -0.444 e. The highest BCUT2D eigenvalue weighted by atomic mass is 16.4. The van der Waals surface area contributed by atoms with Crippen LogP contribution in [0.3, 0.4) is 0 Å². The number of piperidine rings is 1. The smallest absolute Gasteiger partial charge is 0.267 e. The van der Waals surface area contributed by atoms with Gasteiger partial charge in [-0.05, 0) is 64.8 Å². The summed E-state index contributed by atoms with van der Waals surface area (Å²) in [6, 6.07) is 3.85. The fourth-order valence-electron chi connectivity index (χ4n) is 3.32. The molecule has 2 aromatic heterocycles. The molecule has 6 heteroatoms. The minimum absolute atomic E-state index is 0.0174. The van der Waals surface area contributed by atoms with Crippen molar-refractivity contribution < 1.29 is 9.21 Å². The first-order chi connectivity index (χ1) is 11.9. The molecule has 6 nitrogen and oxygen atoms in total. The third-order valence-corrected chi connectivity index (χ3v) is 5.30. The number of nitrogens with one attached hydrogen (secondary N) is 1. The zero-order valence-corrected chi connectivity index (χ0v) is 15.6. The van der Waals surface area contributed by atoms with Gasteiger partial charge in [0.25, 0.3) is 5.91 Å². The topological polar surface area (TPSA) is 63.3 Å². The van der Waals surface area contributed by atoms with Crippen LogP contribution >= 0.6 is 0 Å². The van der Waals surface area contributed by atoms with Crippen LogP contribution in [0.15, 0.2) is 16.5 Å². The van der Waals surface area contributed by atoms with Gasteiger partial charge in [0, 0.05) is 19.3 Å². The van der Waals surface area contributed by atoms with E-state index in [0.29, 0.717) is 5.92 Å². The second-order valence-corrected chi connectivity index (χ2v) is 7.10. The summed E-state index contributed by atoms with van der Waals surface area (Å²) in [5, 5.41) is 3.09. The summed E-state index contributed by atoms with van der Waals surface area (Å²) in [5.74, 6) is 2.27.